The summed E-state index contributed by atoms with van der Waals surface area (Å²) in [6.07, 6.45) is 0. The quantitative estimate of drug-likeness (QED) is 0.846. The number of benzene rings is 2. The van der Waals surface area contributed by atoms with Crippen molar-refractivity contribution >= 4 is 23.2 Å². The van der Waals surface area contributed by atoms with Gasteiger partial charge in [-0.3, -0.25) is 9.69 Å². The van der Waals surface area contributed by atoms with Crippen LogP contribution in [0.3, 0.4) is 0 Å². The first-order valence-electron chi connectivity index (χ1n) is 9.52. The highest BCUT2D eigenvalue weighted by molar-refractivity contribution is 6.33. The molecule has 144 valence electrons. The molecule has 1 amide bonds. The minimum atomic E-state index is 0.0150. The minimum Gasteiger partial charge on any atom is -0.368 e. The van der Waals surface area contributed by atoms with E-state index in [2.05, 4.69) is 53.2 Å². The van der Waals surface area contributed by atoms with E-state index in [0.29, 0.717) is 6.54 Å². The van der Waals surface area contributed by atoms with Crippen LogP contribution in [0.5, 0.6) is 0 Å². The third-order valence-corrected chi connectivity index (χ3v) is 5.66. The molecule has 1 atom stereocenters. The Labute approximate surface area is 167 Å². The van der Waals surface area contributed by atoms with Crippen molar-refractivity contribution in [3.63, 3.8) is 0 Å². The Bertz CT molecular complexity index is 800. The van der Waals surface area contributed by atoms with Crippen LogP contribution in [0.2, 0.25) is 5.02 Å². The van der Waals surface area contributed by atoms with Gasteiger partial charge in [0.25, 0.3) is 0 Å². The maximum atomic E-state index is 12.5. The highest BCUT2D eigenvalue weighted by atomic mass is 35.5. The van der Waals surface area contributed by atoms with E-state index in [4.69, 9.17) is 11.6 Å². The van der Waals surface area contributed by atoms with E-state index in [1.54, 1.807) is 0 Å². The molecule has 0 radical (unpaired) electrons. The average Bonchev–Trinajstić information content (AvgIpc) is 2.65. The van der Waals surface area contributed by atoms with Crippen LogP contribution in [0.1, 0.15) is 29.7 Å². The van der Waals surface area contributed by atoms with Crippen molar-refractivity contribution in [3.8, 4) is 0 Å². The summed E-state index contributed by atoms with van der Waals surface area (Å²) < 4.78 is 0. The zero-order valence-corrected chi connectivity index (χ0v) is 17.1. The molecule has 1 heterocycles. The number of hydrogen-bond acceptors (Lipinski definition) is 3. The second-order valence-electron chi connectivity index (χ2n) is 7.35. The molecule has 0 aromatic heterocycles. The third-order valence-electron chi connectivity index (χ3n) is 5.34. The highest BCUT2D eigenvalue weighted by Gasteiger charge is 2.21. The predicted octanol–water partition coefficient (Wildman–Crippen LogP) is 3.96. The highest BCUT2D eigenvalue weighted by Crippen LogP contribution is 2.26. The van der Waals surface area contributed by atoms with E-state index in [9.17, 15) is 4.79 Å². The van der Waals surface area contributed by atoms with Gasteiger partial charge in [0.2, 0.25) is 5.91 Å². The molecule has 5 heteroatoms. The Kier molecular flexibility index (Phi) is 6.40. The fourth-order valence-corrected chi connectivity index (χ4v) is 3.72. The first-order valence-corrected chi connectivity index (χ1v) is 9.90. The monoisotopic (exact) mass is 385 g/mol. The van der Waals surface area contributed by atoms with E-state index in [-0.39, 0.29) is 11.9 Å². The van der Waals surface area contributed by atoms with Crippen molar-refractivity contribution in [3.05, 3.63) is 64.2 Å². The van der Waals surface area contributed by atoms with Gasteiger partial charge < -0.3 is 10.2 Å². The van der Waals surface area contributed by atoms with E-state index >= 15 is 0 Å². The number of amides is 1. The molecule has 1 aliphatic rings. The summed E-state index contributed by atoms with van der Waals surface area (Å²) in [6, 6.07) is 14.3. The van der Waals surface area contributed by atoms with Crippen LogP contribution >= 0.6 is 11.6 Å². The lowest BCUT2D eigenvalue weighted by Gasteiger charge is -2.36. The second-order valence-corrected chi connectivity index (χ2v) is 7.75. The number of aryl methyl sites for hydroxylation is 2. The Morgan fingerprint density at radius 2 is 1.78 bits per heavy atom. The molecule has 0 saturated carbocycles. The first-order chi connectivity index (χ1) is 12.9. The lowest BCUT2D eigenvalue weighted by molar-refractivity contribution is -0.123. The van der Waals surface area contributed by atoms with Crippen LogP contribution in [-0.2, 0) is 4.79 Å². The average molecular weight is 386 g/mol. The molecule has 1 fully saturated rings. The standard InChI is InChI=1S/C22H28ClN3O/c1-16-8-9-19(14-17(16)2)18(3)24-22(27)15-25-10-12-26(13-11-25)21-7-5-4-6-20(21)23/h4-9,14,18H,10-13,15H2,1-3H3,(H,24,27). The van der Waals surface area contributed by atoms with Crippen LogP contribution in [-0.4, -0.2) is 43.5 Å². The molecule has 1 saturated heterocycles. The van der Waals surface area contributed by atoms with Crippen molar-refractivity contribution in [1.82, 2.24) is 10.2 Å². The predicted molar refractivity (Wildman–Crippen MR) is 113 cm³/mol. The summed E-state index contributed by atoms with van der Waals surface area (Å²) in [6.45, 7) is 10.2. The fourth-order valence-electron chi connectivity index (χ4n) is 3.46. The molecule has 0 spiro atoms. The lowest BCUT2D eigenvalue weighted by atomic mass is 10.0. The lowest BCUT2D eigenvalue weighted by Crippen LogP contribution is -2.49. The van der Waals surface area contributed by atoms with Gasteiger partial charge in [0.05, 0.1) is 23.3 Å². The molecule has 1 N–H and O–H groups in total. The molecule has 1 aliphatic heterocycles. The number of carbonyl (C=O) groups is 1. The Hall–Kier alpha value is -2.04. The summed E-state index contributed by atoms with van der Waals surface area (Å²) in [5.74, 6) is 0.0759. The zero-order valence-electron chi connectivity index (χ0n) is 16.3. The van der Waals surface area contributed by atoms with Crippen LogP contribution < -0.4 is 10.2 Å². The summed E-state index contributed by atoms with van der Waals surface area (Å²) in [5.41, 5.74) is 4.75. The second kappa shape index (κ2) is 8.77. The van der Waals surface area contributed by atoms with Crippen molar-refractivity contribution < 1.29 is 4.79 Å². The first kappa shape index (κ1) is 19.7. The smallest absolute Gasteiger partial charge is 0.234 e. The number of para-hydroxylation sites is 1. The SMILES string of the molecule is Cc1ccc(C(C)NC(=O)CN2CCN(c3ccccc3Cl)CC2)cc1C. The topological polar surface area (TPSA) is 35.6 Å². The maximum Gasteiger partial charge on any atom is 0.234 e. The maximum absolute atomic E-state index is 12.5. The van der Waals surface area contributed by atoms with Crippen LogP contribution in [0.4, 0.5) is 5.69 Å². The van der Waals surface area contributed by atoms with Gasteiger partial charge in [-0.25, -0.2) is 0 Å². The van der Waals surface area contributed by atoms with Crippen LogP contribution in [0, 0.1) is 13.8 Å². The number of rotatable bonds is 5. The summed E-state index contributed by atoms with van der Waals surface area (Å²) >= 11 is 6.30. The molecule has 4 nitrogen and oxygen atoms in total. The number of carbonyl (C=O) groups excluding carboxylic acids is 1. The summed E-state index contributed by atoms with van der Waals surface area (Å²) in [4.78, 5) is 17.0. The van der Waals surface area contributed by atoms with E-state index < -0.39 is 0 Å². The van der Waals surface area contributed by atoms with Gasteiger partial charge in [-0.1, -0.05) is 41.9 Å². The van der Waals surface area contributed by atoms with Crippen LogP contribution in [0.25, 0.3) is 0 Å². The van der Waals surface area contributed by atoms with Crippen molar-refractivity contribution in [1.29, 1.82) is 0 Å². The van der Waals surface area contributed by atoms with E-state index in [1.807, 2.05) is 25.1 Å². The van der Waals surface area contributed by atoms with Gasteiger partial charge in [-0.2, -0.15) is 0 Å². The summed E-state index contributed by atoms with van der Waals surface area (Å²) in [7, 11) is 0. The summed E-state index contributed by atoms with van der Waals surface area (Å²) in [5, 5.41) is 3.91. The molecular formula is C22H28ClN3O. The third kappa shape index (κ3) is 5.02. The van der Waals surface area contributed by atoms with Gasteiger partial charge >= 0.3 is 0 Å². The largest absolute Gasteiger partial charge is 0.368 e. The van der Waals surface area contributed by atoms with Gasteiger partial charge in [-0.15, -0.1) is 0 Å². The number of piperazine rings is 1. The molecule has 0 aliphatic carbocycles. The molecule has 0 bridgehead atoms. The van der Waals surface area contributed by atoms with Crippen LogP contribution in [0.15, 0.2) is 42.5 Å². The number of anilines is 1. The minimum absolute atomic E-state index is 0.0150. The van der Waals surface area contributed by atoms with E-state index in [1.165, 1.54) is 11.1 Å². The normalized spacial score (nSPS) is 16.2. The van der Waals surface area contributed by atoms with Crippen molar-refractivity contribution in [2.75, 3.05) is 37.6 Å². The molecule has 3 rings (SSSR count). The Balaban J connectivity index is 1.49. The van der Waals surface area contributed by atoms with E-state index in [0.717, 1.165) is 42.5 Å². The number of halogens is 1. The van der Waals surface area contributed by atoms with Gasteiger partial charge in [0.15, 0.2) is 0 Å². The zero-order chi connectivity index (χ0) is 19.4. The fraction of sp³-hybridized carbons (Fsp3) is 0.409. The Morgan fingerprint density at radius 1 is 1.07 bits per heavy atom. The number of hydrogen-bond donors (Lipinski definition) is 1. The van der Waals surface area contributed by atoms with Crippen molar-refractivity contribution in [2.24, 2.45) is 0 Å². The molecule has 2 aromatic carbocycles. The Morgan fingerprint density at radius 3 is 2.44 bits per heavy atom. The number of nitrogens with zero attached hydrogens (tertiary/aromatic N) is 2. The molecule has 1 unspecified atom stereocenters. The number of nitrogens with one attached hydrogen (secondary N) is 1. The molecular weight excluding hydrogens is 358 g/mol. The van der Waals surface area contributed by atoms with Gasteiger partial charge in [0.1, 0.15) is 0 Å². The molecule has 27 heavy (non-hydrogen) atoms. The van der Waals surface area contributed by atoms with Crippen molar-refractivity contribution in [2.45, 2.75) is 26.8 Å². The van der Waals surface area contributed by atoms with Gasteiger partial charge in [-0.05, 0) is 49.6 Å². The van der Waals surface area contributed by atoms with Gasteiger partial charge in [0, 0.05) is 26.2 Å². The molecule has 2 aromatic rings.